The van der Waals surface area contributed by atoms with Crippen LogP contribution >= 0.6 is 0 Å². The van der Waals surface area contributed by atoms with Gasteiger partial charge in [0.05, 0.1) is 6.61 Å². The third-order valence-corrected chi connectivity index (χ3v) is 3.25. The second-order valence-corrected chi connectivity index (χ2v) is 4.63. The standard InChI is InChI=1S/C12H20O3/c1-4-5-8-15-11(14)12(3)7-6-9(2)10(12)13/h9H,4-8H2,1-3H3. The number of ketones is 1. The Morgan fingerprint density at radius 1 is 1.60 bits per heavy atom. The minimum atomic E-state index is -0.868. The van der Waals surface area contributed by atoms with Crippen LogP contribution in [0.25, 0.3) is 0 Å². The lowest BCUT2D eigenvalue weighted by Crippen LogP contribution is -2.35. The monoisotopic (exact) mass is 212 g/mol. The maximum Gasteiger partial charge on any atom is 0.319 e. The van der Waals surface area contributed by atoms with Crippen molar-refractivity contribution in [3.05, 3.63) is 0 Å². The summed E-state index contributed by atoms with van der Waals surface area (Å²) in [4.78, 5) is 23.6. The van der Waals surface area contributed by atoms with E-state index in [2.05, 4.69) is 0 Å². The molecular formula is C12H20O3. The van der Waals surface area contributed by atoms with Gasteiger partial charge in [-0.3, -0.25) is 9.59 Å². The highest BCUT2D eigenvalue weighted by Gasteiger charge is 2.48. The molecule has 2 atom stereocenters. The van der Waals surface area contributed by atoms with Gasteiger partial charge < -0.3 is 4.74 Å². The second-order valence-electron chi connectivity index (χ2n) is 4.63. The molecule has 1 aliphatic rings. The highest BCUT2D eigenvalue weighted by Crippen LogP contribution is 2.38. The van der Waals surface area contributed by atoms with Gasteiger partial charge in [0.1, 0.15) is 5.41 Å². The molecule has 0 aromatic heterocycles. The highest BCUT2D eigenvalue weighted by molar-refractivity contribution is 6.05. The number of rotatable bonds is 4. The zero-order valence-corrected chi connectivity index (χ0v) is 9.84. The molecule has 1 rings (SSSR count). The minimum absolute atomic E-state index is 0.00808. The highest BCUT2D eigenvalue weighted by atomic mass is 16.5. The van der Waals surface area contributed by atoms with E-state index >= 15 is 0 Å². The summed E-state index contributed by atoms with van der Waals surface area (Å²) in [6.45, 7) is 6.07. The van der Waals surface area contributed by atoms with E-state index in [1.807, 2.05) is 13.8 Å². The van der Waals surface area contributed by atoms with Gasteiger partial charge in [0.25, 0.3) is 0 Å². The summed E-state index contributed by atoms with van der Waals surface area (Å²) in [7, 11) is 0. The first kappa shape index (κ1) is 12.2. The number of esters is 1. The van der Waals surface area contributed by atoms with Crippen molar-refractivity contribution >= 4 is 11.8 Å². The molecule has 0 aliphatic heterocycles. The van der Waals surface area contributed by atoms with Gasteiger partial charge in [-0.25, -0.2) is 0 Å². The van der Waals surface area contributed by atoms with E-state index in [9.17, 15) is 9.59 Å². The summed E-state index contributed by atoms with van der Waals surface area (Å²) in [5, 5.41) is 0. The van der Waals surface area contributed by atoms with Crippen LogP contribution in [0.4, 0.5) is 0 Å². The van der Waals surface area contributed by atoms with Gasteiger partial charge >= 0.3 is 5.97 Å². The fourth-order valence-corrected chi connectivity index (χ4v) is 1.97. The largest absolute Gasteiger partial charge is 0.465 e. The molecular weight excluding hydrogens is 192 g/mol. The smallest absolute Gasteiger partial charge is 0.319 e. The van der Waals surface area contributed by atoms with Crippen LogP contribution in [0, 0.1) is 11.3 Å². The molecule has 3 nitrogen and oxygen atoms in total. The van der Waals surface area contributed by atoms with Gasteiger partial charge in [-0.05, 0) is 26.2 Å². The van der Waals surface area contributed by atoms with Crippen LogP contribution in [0.1, 0.15) is 46.5 Å². The lowest BCUT2D eigenvalue weighted by molar-refractivity contribution is -0.158. The van der Waals surface area contributed by atoms with Gasteiger partial charge in [-0.15, -0.1) is 0 Å². The Labute approximate surface area is 91.2 Å². The van der Waals surface area contributed by atoms with Crippen molar-refractivity contribution in [1.29, 1.82) is 0 Å². The molecule has 0 bridgehead atoms. The average molecular weight is 212 g/mol. The van der Waals surface area contributed by atoms with E-state index in [-0.39, 0.29) is 17.7 Å². The van der Waals surface area contributed by atoms with E-state index in [0.717, 1.165) is 19.3 Å². The summed E-state index contributed by atoms with van der Waals surface area (Å²) < 4.78 is 5.13. The van der Waals surface area contributed by atoms with Crippen LogP contribution in [0.5, 0.6) is 0 Å². The summed E-state index contributed by atoms with van der Waals surface area (Å²) >= 11 is 0. The Balaban J connectivity index is 2.54. The minimum Gasteiger partial charge on any atom is -0.465 e. The van der Waals surface area contributed by atoms with Crippen molar-refractivity contribution in [1.82, 2.24) is 0 Å². The number of Topliss-reactive ketones (excluding diaryl/α,β-unsaturated/α-hetero) is 1. The molecule has 0 aromatic rings. The molecule has 1 aliphatic carbocycles. The van der Waals surface area contributed by atoms with Crippen LogP contribution in [0.15, 0.2) is 0 Å². The topological polar surface area (TPSA) is 43.4 Å². The van der Waals surface area contributed by atoms with E-state index in [1.165, 1.54) is 0 Å². The predicted octanol–water partition coefficient (Wildman–Crippen LogP) is 2.33. The third-order valence-electron chi connectivity index (χ3n) is 3.25. The SMILES string of the molecule is CCCCOC(=O)C1(C)CCC(C)C1=O. The van der Waals surface area contributed by atoms with Crippen molar-refractivity contribution < 1.29 is 14.3 Å². The number of ether oxygens (including phenoxy) is 1. The summed E-state index contributed by atoms with van der Waals surface area (Å²) in [5.74, 6) is -0.275. The van der Waals surface area contributed by atoms with E-state index in [0.29, 0.717) is 13.0 Å². The molecule has 86 valence electrons. The van der Waals surface area contributed by atoms with E-state index < -0.39 is 5.41 Å². The van der Waals surface area contributed by atoms with Crippen molar-refractivity contribution in [3.63, 3.8) is 0 Å². The van der Waals surface area contributed by atoms with Crippen LogP contribution in [0.2, 0.25) is 0 Å². The normalized spacial score (nSPS) is 30.6. The molecule has 2 unspecified atom stereocenters. The second kappa shape index (κ2) is 4.77. The molecule has 3 heteroatoms. The van der Waals surface area contributed by atoms with Crippen LogP contribution in [0.3, 0.4) is 0 Å². The average Bonchev–Trinajstić information content (AvgIpc) is 2.48. The molecule has 1 saturated carbocycles. The Kier molecular flexibility index (Phi) is 3.89. The van der Waals surface area contributed by atoms with Crippen molar-refractivity contribution in [2.45, 2.75) is 46.5 Å². The predicted molar refractivity (Wildman–Crippen MR) is 57.4 cm³/mol. The molecule has 0 heterocycles. The summed E-state index contributed by atoms with van der Waals surface area (Å²) in [5.41, 5.74) is -0.868. The first-order valence-electron chi connectivity index (χ1n) is 5.74. The summed E-state index contributed by atoms with van der Waals surface area (Å²) in [6, 6.07) is 0. The van der Waals surface area contributed by atoms with Gasteiger partial charge in [0.2, 0.25) is 0 Å². The third kappa shape index (κ3) is 2.39. The van der Waals surface area contributed by atoms with Crippen molar-refractivity contribution in [3.8, 4) is 0 Å². The molecule has 15 heavy (non-hydrogen) atoms. The molecule has 0 aromatic carbocycles. The number of carbonyl (C=O) groups excluding carboxylic acids is 2. The zero-order valence-electron chi connectivity index (χ0n) is 9.84. The maximum absolute atomic E-state index is 11.8. The Hall–Kier alpha value is -0.860. The van der Waals surface area contributed by atoms with E-state index in [1.54, 1.807) is 6.92 Å². The number of carbonyl (C=O) groups is 2. The van der Waals surface area contributed by atoms with Crippen molar-refractivity contribution in [2.24, 2.45) is 11.3 Å². The fraction of sp³-hybridized carbons (Fsp3) is 0.833. The first-order valence-corrected chi connectivity index (χ1v) is 5.74. The van der Waals surface area contributed by atoms with Crippen LogP contribution < -0.4 is 0 Å². The molecule has 0 spiro atoms. The molecule has 0 radical (unpaired) electrons. The number of unbranched alkanes of at least 4 members (excludes halogenated alkanes) is 1. The van der Waals surface area contributed by atoms with Gasteiger partial charge in [-0.2, -0.15) is 0 Å². The number of hydrogen-bond donors (Lipinski definition) is 0. The lowest BCUT2D eigenvalue weighted by atomic mass is 9.87. The van der Waals surface area contributed by atoms with Crippen LogP contribution in [-0.2, 0) is 14.3 Å². The first-order chi connectivity index (χ1) is 7.02. The maximum atomic E-state index is 11.8. The fourth-order valence-electron chi connectivity index (χ4n) is 1.97. The Bertz CT molecular complexity index is 260. The van der Waals surface area contributed by atoms with Gasteiger partial charge in [-0.1, -0.05) is 20.3 Å². The number of hydrogen-bond acceptors (Lipinski definition) is 3. The zero-order chi connectivity index (χ0) is 11.5. The van der Waals surface area contributed by atoms with E-state index in [4.69, 9.17) is 4.74 Å². The quantitative estimate of drug-likeness (QED) is 0.408. The Morgan fingerprint density at radius 2 is 2.27 bits per heavy atom. The van der Waals surface area contributed by atoms with Crippen LogP contribution in [-0.4, -0.2) is 18.4 Å². The van der Waals surface area contributed by atoms with Crippen molar-refractivity contribution in [2.75, 3.05) is 6.61 Å². The molecule has 0 saturated heterocycles. The lowest BCUT2D eigenvalue weighted by Gasteiger charge is -2.20. The molecule has 0 amide bonds. The van der Waals surface area contributed by atoms with Gasteiger partial charge in [0, 0.05) is 5.92 Å². The molecule has 0 N–H and O–H groups in total. The molecule has 1 fully saturated rings. The Morgan fingerprint density at radius 3 is 2.73 bits per heavy atom. The summed E-state index contributed by atoms with van der Waals surface area (Å²) in [6.07, 6.45) is 3.30. The van der Waals surface area contributed by atoms with Gasteiger partial charge in [0.15, 0.2) is 5.78 Å².